The van der Waals surface area contributed by atoms with Crippen LogP contribution in [0.15, 0.2) is 47.4 Å². The van der Waals surface area contributed by atoms with Gasteiger partial charge in [0.1, 0.15) is 11.6 Å². The summed E-state index contributed by atoms with van der Waals surface area (Å²) >= 11 is 0. The van der Waals surface area contributed by atoms with Gasteiger partial charge in [0, 0.05) is 30.1 Å². The molecule has 1 heterocycles. The molecule has 0 radical (unpaired) electrons. The van der Waals surface area contributed by atoms with E-state index < -0.39 is 0 Å². The number of anilines is 2. The van der Waals surface area contributed by atoms with Crippen LogP contribution in [0.2, 0.25) is 0 Å². The van der Waals surface area contributed by atoms with E-state index in [1.807, 2.05) is 0 Å². The first-order valence-electron chi connectivity index (χ1n) is 4.49. The molecular weight excluding hydrogens is 192 g/mol. The van der Waals surface area contributed by atoms with Gasteiger partial charge in [-0.2, -0.15) is 0 Å². The highest BCUT2D eigenvalue weighted by molar-refractivity contribution is 5.57. The third kappa shape index (κ3) is 2.37. The zero-order valence-electron chi connectivity index (χ0n) is 7.90. The second-order valence-corrected chi connectivity index (χ2v) is 3.11. The average molecular weight is 202 g/mol. The van der Waals surface area contributed by atoms with Crippen molar-refractivity contribution in [2.45, 2.75) is 0 Å². The van der Waals surface area contributed by atoms with Crippen LogP contribution < -0.4 is 10.7 Å². The van der Waals surface area contributed by atoms with Gasteiger partial charge in [0.15, 0.2) is 5.43 Å². The van der Waals surface area contributed by atoms with Crippen molar-refractivity contribution < 1.29 is 5.11 Å². The molecule has 0 aliphatic heterocycles. The number of hydrogen-bond acceptors (Lipinski definition) is 3. The molecule has 0 spiro atoms. The Bertz CT molecular complexity index is 520. The van der Waals surface area contributed by atoms with Crippen LogP contribution in [-0.4, -0.2) is 10.1 Å². The Hall–Kier alpha value is -2.23. The molecule has 0 aliphatic rings. The lowest BCUT2D eigenvalue weighted by Gasteiger charge is -2.05. The van der Waals surface area contributed by atoms with Crippen molar-refractivity contribution in [3.05, 3.63) is 52.8 Å². The number of hydrogen-bond donors (Lipinski definition) is 3. The van der Waals surface area contributed by atoms with E-state index in [1.165, 1.54) is 12.1 Å². The zero-order valence-corrected chi connectivity index (χ0v) is 7.90. The van der Waals surface area contributed by atoms with Gasteiger partial charge in [0.25, 0.3) is 0 Å². The first kappa shape index (κ1) is 9.33. The van der Waals surface area contributed by atoms with Crippen molar-refractivity contribution in [2.75, 3.05) is 5.32 Å². The molecule has 1 aromatic heterocycles. The predicted molar refractivity (Wildman–Crippen MR) is 58.5 cm³/mol. The average Bonchev–Trinajstić information content (AvgIpc) is 2.17. The number of rotatable bonds is 2. The van der Waals surface area contributed by atoms with Gasteiger partial charge in [-0.3, -0.25) is 4.79 Å². The topological polar surface area (TPSA) is 65.1 Å². The molecule has 4 heteroatoms. The molecule has 0 saturated heterocycles. The molecule has 0 aliphatic carbocycles. The first-order chi connectivity index (χ1) is 7.24. The normalized spacial score (nSPS) is 9.87. The highest BCUT2D eigenvalue weighted by Crippen LogP contribution is 2.18. The van der Waals surface area contributed by atoms with Crippen LogP contribution in [0.25, 0.3) is 0 Å². The van der Waals surface area contributed by atoms with Crippen LogP contribution in [0, 0.1) is 0 Å². The second kappa shape index (κ2) is 3.88. The van der Waals surface area contributed by atoms with Crippen molar-refractivity contribution in [3.63, 3.8) is 0 Å². The number of H-pyrrole nitrogens is 1. The van der Waals surface area contributed by atoms with E-state index in [0.29, 0.717) is 5.82 Å². The molecule has 0 bridgehead atoms. The molecule has 0 amide bonds. The summed E-state index contributed by atoms with van der Waals surface area (Å²) in [5.74, 6) is 0.770. The fraction of sp³-hybridized carbons (Fsp3) is 0. The van der Waals surface area contributed by atoms with E-state index in [9.17, 15) is 9.90 Å². The van der Waals surface area contributed by atoms with Gasteiger partial charge in [0.2, 0.25) is 0 Å². The summed E-state index contributed by atoms with van der Waals surface area (Å²) in [5.41, 5.74) is 0.647. The summed E-state index contributed by atoms with van der Waals surface area (Å²) in [7, 11) is 0. The summed E-state index contributed by atoms with van der Waals surface area (Å²) in [6, 6.07) is 9.56. The highest BCUT2D eigenvalue weighted by atomic mass is 16.3. The Labute approximate surface area is 86.2 Å². The number of aromatic amines is 1. The van der Waals surface area contributed by atoms with Gasteiger partial charge in [-0.15, -0.1) is 0 Å². The third-order valence-corrected chi connectivity index (χ3v) is 1.90. The SMILES string of the molecule is O=c1cc[nH]c(Nc2cccc(O)c2)c1. The smallest absolute Gasteiger partial charge is 0.183 e. The number of phenols is 1. The molecule has 1 aromatic carbocycles. The maximum absolute atomic E-state index is 11.0. The van der Waals surface area contributed by atoms with E-state index in [-0.39, 0.29) is 11.2 Å². The van der Waals surface area contributed by atoms with E-state index in [0.717, 1.165) is 5.69 Å². The maximum Gasteiger partial charge on any atom is 0.183 e. The summed E-state index contributed by atoms with van der Waals surface area (Å²) < 4.78 is 0. The van der Waals surface area contributed by atoms with E-state index in [2.05, 4.69) is 10.3 Å². The molecule has 2 aromatic rings. The van der Waals surface area contributed by atoms with Crippen molar-refractivity contribution in [1.82, 2.24) is 4.98 Å². The lowest BCUT2D eigenvalue weighted by molar-refractivity contribution is 0.475. The van der Waals surface area contributed by atoms with Crippen LogP contribution in [0.1, 0.15) is 0 Å². The number of aromatic nitrogens is 1. The lowest BCUT2D eigenvalue weighted by Crippen LogP contribution is -2.01. The summed E-state index contributed by atoms with van der Waals surface area (Å²) in [5, 5.41) is 12.2. The molecular formula is C11H10N2O2. The van der Waals surface area contributed by atoms with Crippen molar-refractivity contribution >= 4 is 11.5 Å². The Morgan fingerprint density at radius 1 is 1.20 bits per heavy atom. The number of phenolic OH excluding ortho intramolecular Hbond substituents is 1. The van der Waals surface area contributed by atoms with E-state index in [1.54, 1.807) is 30.5 Å². The van der Waals surface area contributed by atoms with Crippen molar-refractivity contribution in [1.29, 1.82) is 0 Å². The summed E-state index contributed by atoms with van der Waals surface area (Å²) in [6.45, 7) is 0. The fourth-order valence-corrected chi connectivity index (χ4v) is 1.26. The molecule has 76 valence electrons. The van der Waals surface area contributed by atoms with Gasteiger partial charge in [0.05, 0.1) is 0 Å². The molecule has 0 atom stereocenters. The number of nitrogens with one attached hydrogen (secondary N) is 2. The third-order valence-electron chi connectivity index (χ3n) is 1.90. The maximum atomic E-state index is 11.0. The van der Waals surface area contributed by atoms with Crippen molar-refractivity contribution in [3.8, 4) is 5.75 Å². The largest absolute Gasteiger partial charge is 0.508 e. The molecule has 15 heavy (non-hydrogen) atoms. The van der Waals surface area contributed by atoms with Crippen LogP contribution in [0.4, 0.5) is 11.5 Å². The van der Waals surface area contributed by atoms with Gasteiger partial charge in [-0.25, -0.2) is 0 Å². The number of aromatic hydroxyl groups is 1. The summed E-state index contributed by atoms with van der Waals surface area (Å²) in [4.78, 5) is 13.9. The number of pyridine rings is 1. The molecule has 0 fully saturated rings. The predicted octanol–water partition coefficient (Wildman–Crippen LogP) is 1.82. The monoisotopic (exact) mass is 202 g/mol. The highest BCUT2D eigenvalue weighted by Gasteiger charge is 1.95. The molecule has 0 saturated carbocycles. The Morgan fingerprint density at radius 3 is 2.80 bits per heavy atom. The molecule has 0 unspecified atom stereocenters. The van der Waals surface area contributed by atoms with Gasteiger partial charge in [-0.05, 0) is 12.1 Å². The first-order valence-corrected chi connectivity index (χ1v) is 4.49. The molecule has 3 N–H and O–H groups in total. The Balaban J connectivity index is 2.26. The van der Waals surface area contributed by atoms with E-state index >= 15 is 0 Å². The minimum Gasteiger partial charge on any atom is -0.508 e. The quantitative estimate of drug-likeness (QED) is 0.696. The van der Waals surface area contributed by atoms with Gasteiger partial charge in [-0.1, -0.05) is 6.07 Å². The Morgan fingerprint density at radius 2 is 2.07 bits per heavy atom. The lowest BCUT2D eigenvalue weighted by atomic mass is 10.3. The minimum atomic E-state index is -0.0728. The van der Waals surface area contributed by atoms with Gasteiger partial charge >= 0.3 is 0 Å². The fourth-order valence-electron chi connectivity index (χ4n) is 1.26. The van der Waals surface area contributed by atoms with Crippen LogP contribution in [0.3, 0.4) is 0 Å². The van der Waals surface area contributed by atoms with Crippen LogP contribution in [0.5, 0.6) is 5.75 Å². The molecule has 4 nitrogen and oxygen atoms in total. The Kier molecular flexibility index (Phi) is 2.41. The summed E-state index contributed by atoms with van der Waals surface area (Å²) in [6.07, 6.45) is 1.56. The van der Waals surface area contributed by atoms with Crippen molar-refractivity contribution in [2.24, 2.45) is 0 Å². The van der Waals surface area contributed by atoms with Gasteiger partial charge < -0.3 is 15.4 Å². The van der Waals surface area contributed by atoms with Crippen LogP contribution >= 0.6 is 0 Å². The van der Waals surface area contributed by atoms with E-state index in [4.69, 9.17) is 0 Å². The zero-order chi connectivity index (χ0) is 10.7. The second-order valence-electron chi connectivity index (χ2n) is 3.11. The standard InChI is InChI=1S/C11H10N2O2/c14-9-3-1-2-8(6-9)13-11-7-10(15)4-5-12-11/h1-7,14H,(H2,12,13,15). The van der Waals surface area contributed by atoms with Crippen LogP contribution in [-0.2, 0) is 0 Å². The number of benzene rings is 1. The minimum absolute atomic E-state index is 0.0728. The molecule has 2 rings (SSSR count).